The van der Waals surface area contributed by atoms with Crippen molar-refractivity contribution in [1.29, 1.82) is 5.26 Å². The number of ether oxygens (including phenoxy) is 1. The Bertz CT molecular complexity index is 615. The second-order valence-electron chi connectivity index (χ2n) is 6.85. The number of likely N-dealkylation sites (tertiary alicyclic amines) is 1. The zero-order chi connectivity index (χ0) is 15.9. The van der Waals surface area contributed by atoms with Crippen molar-refractivity contribution >= 4 is 11.9 Å². The van der Waals surface area contributed by atoms with Crippen LogP contribution in [0, 0.1) is 11.3 Å². The second-order valence-corrected chi connectivity index (χ2v) is 6.85. The maximum Gasteiger partial charge on any atom is 0.410 e. The average Bonchev–Trinajstić information content (AvgIpc) is 3.05. The maximum absolute atomic E-state index is 12.2. The van der Waals surface area contributed by atoms with Crippen molar-refractivity contribution in [3.8, 4) is 6.07 Å². The Hall–Kier alpha value is -2.29. The van der Waals surface area contributed by atoms with Crippen LogP contribution in [-0.4, -0.2) is 46.8 Å². The molecule has 2 saturated heterocycles. The number of nitriles is 1. The highest BCUT2D eigenvalue weighted by Gasteiger charge is 2.46. The van der Waals surface area contributed by atoms with Crippen LogP contribution in [0.4, 0.5) is 10.6 Å². The number of anilines is 1. The molecule has 6 nitrogen and oxygen atoms in total. The van der Waals surface area contributed by atoms with Crippen molar-refractivity contribution in [1.82, 2.24) is 9.88 Å². The van der Waals surface area contributed by atoms with Gasteiger partial charge in [-0.1, -0.05) is 0 Å². The standard InChI is InChI=1S/C16H20N4O2/c1-16(2,3)22-15(21)20-10-12-6-13(20)9-19(12)14-5-4-11(7-17)8-18-14/h4-5,8,12-13H,6,9-10H2,1-3H3/t12-,13-/m0/s1. The van der Waals surface area contributed by atoms with Crippen molar-refractivity contribution in [2.45, 2.75) is 44.9 Å². The predicted octanol–water partition coefficient (Wildman–Crippen LogP) is 2.15. The Labute approximate surface area is 130 Å². The van der Waals surface area contributed by atoms with Gasteiger partial charge < -0.3 is 14.5 Å². The smallest absolute Gasteiger partial charge is 0.410 e. The molecular weight excluding hydrogens is 280 g/mol. The number of hydrogen-bond acceptors (Lipinski definition) is 5. The van der Waals surface area contributed by atoms with Gasteiger partial charge in [-0.05, 0) is 39.3 Å². The number of rotatable bonds is 1. The summed E-state index contributed by atoms with van der Waals surface area (Å²) in [5.74, 6) is 0.871. The van der Waals surface area contributed by atoms with Crippen molar-refractivity contribution in [2.24, 2.45) is 0 Å². The van der Waals surface area contributed by atoms with Gasteiger partial charge >= 0.3 is 6.09 Å². The van der Waals surface area contributed by atoms with Crippen molar-refractivity contribution in [3.63, 3.8) is 0 Å². The van der Waals surface area contributed by atoms with Crippen LogP contribution in [0.3, 0.4) is 0 Å². The molecule has 0 saturated carbocycles. The Morgan fingerprint density at radius 2 is 2.14 bits per heavy atom. The highest BCUT2D eigenvalue weighted by molar-refractivity contribution is 5.70. The van der Waals surface area contributed by atoms with Crippen LogP contribution in [-0.2, 0) is 4.74 Å². The quantitative estimate of drug-likeness (QED) is 0.795. The molecule has 22 heavy (non-hydrogen) atoms. The molecular formula is C16H20N4O2. The molecule has 3 heterocycles. The molecule has 2 fully saturated rings. The number of hydrogen-bond donors (Lipinski definition) is 0. The Morgan fingerprint density at radius 3 is 2.64 bits per heavy atom. The summed E-state index contributed by atoms with van der Waals surface area (Å²) >= 11 is 0. The molecule has 3 rings (SSSR count). The number of pyridine rings is 1. The van der Waals surface area contributed by atoms with Gasteiger partial charge in [-0.3, -0.25) is 0 Å². The summed E-state index contributed by atoms with van der Waals surface area (Å²) in [5, 5.41) is 8.83. The Kier molecular flexibility index (Phi) is 3.44. The minimum absolute atomic E-state index is 0.178. The molecule has 116 valence electrons. The molecule has 0 unspecified atom stereocenters. The highest BCUT2D eigenvalue weighted by Crippen LogP contribution is 2.34. The molecule has 0 aliphatic carbocycles. The van der Waals surface area contributed by atoms with Gasteiger partial charge in [0.2, 0.25) is 0 Å². The fourth-order valence-electron chi connectivity index (χ4n) is 3.11. The minimum atomic E-state index is -0.465. The molecule has 1 aromatic rings. The lowest BCUT2D eigenvalue weighted by molar-refractivity contribution is 0.0214. The number of carbonyl (C=O) groups is 1. The third kappa shape index (κ3) is 2.71. The summed E-state index contributed by atoms with van der Waals surface area (Å²) in [5.41, 5.74) is 0.0938. The topological polar surface area (TPSA) is 69.5 Å². The van der Waals surface area contributed by atoms with Gasteiger partial charge in [0.25, 0.3) is 0 Å². The molecule has 2 aliphatic heterocycles. The summed E-state index contributed by atoms with van der Waals surface area (Å²) in [4.78, 5) is 20.6. The van der Waals surface area contributed by atoms with Gasteiger partial charge in [0.05, 0.1) is 17.6 Å². The van der Waals surface area contributed by atoms with Crippen LogP contribution in [0.1, 0.15) is 32.8 Å². The lowest BCUT2D eigenvalue weighted by Crippen LogP contribution is -2.50. The summed E-state index contributed by atoms with van der Waals surface area (Å²) in [6.45, 7) is 7.08. The minimum Gasteiger partial charge on any atom is -0.444 e. The summed E-state index contributed by atoms with van der Waals surface area (Å²) in [6.07, 6.45) is 2.31. The molecule has 1 aromatic heterocycles. The second kappa shape index (κ2) is 5.16. The summed E-state index contributed by atoms with van der Waals surface area (Å²) < 4.78 is 5.46. The van der Waals surface area contributed by atoms with Gasteiger partial charge in [0, 0.05) is 19.3 Å². The number of amides is 1. The molecule has 2 aliphatic rings. The van der Waals surface area contributed by atoms with Crippen LogP contribution >= 0.6 is 0 Å². The predicted molar refractivity (Wildman–Crippen MR) is 81.4 cm³/mol. The maximum atomic E-state index is 12.2. The largest absolute Gasteiger partial charge is 0.444 e. The van der Waals surface area contributed by atoms with E-state index in [0.717, 1.165) is 18.8 Å². The first-order chi connectivity index (χ1) is 10.4. The third-order valence-corrected chi connectivity index (χ3v) is 4.04. The normalized spacial score (nSPS) is 23.5. The van der Waals surface area contributed by atoms with Crippen LogP contribution in [0.25, 0.3) is 0 Å². The van der Waals surface area contributed by atoms with E-state index in [0.29, 0.717) is 12.1 Å². The van der Waals surface area contributed by atoms with E-state index in [4.69, 9.17) is 10.00 Å². The average molecular weight is 300 g/mol. The summed E-state index contributed by atoms with van der Waals surface area (Å²) in [7, 11) is 0. The van der Waals surface area contributed by atoms with E-state index < -0.39 is 5.60 Å². The number of nitrogens with zero attached hydrogens (tertiary/aromatic N) is 4. The van der Waals surface area contributed by atoms with Gasteiger partial charge in [0.1, 0.15) is 17.5 Å². The zero-order valence-corrected chi connectivity index (χ0v) is 13.1. The molecule has 2 bridgehead atoms. The number of aromatic nitrogens is 1. The molecule has 2 atom stereocenters. The third-order valence-electron chi connectivity index (χ3n) is 4.04. The number of piperazine rings is 1. The lowest BCUT2D eigenvalue weighted by Gasteiger charge is -2.35. The van der Waals surface area contributed by atoms with E-state index in [1.54, 1.807) is 12.3 Å². The lowest BCUT2D eigenvalue weighted by atomic mass is 10.2. The first kappa shape index (κ1) is 14.6. The van der Waals surface area contributed by atoms with Crippen molar-refractivity contribution < 1.29 is 9.53 Å². The fourth-order valence-corrected chi connectivity index (χ4v) is 3.11. The van der Waals surface area contributed by atoms with E-state index in [1.165, 1.54) is 0 Å². The molecule has 0 aromatic carbocycles. The molecule has 0 N–H and O–H groups in total. The first-order valence-corrected chi connectivity index (χ1v) is 7.50. The van der Waals surface area contributed by atoms with Gasteiger partial charge in [-0.25, -0.2) is 9.78 Å². The van der Waals surface area contributed by atoms with Crippen LogP contribution in [0.5, 0.6) is 0 Å². The molecule has 6 heteroatoms. The monoisotopic (exact) mass is 300 g/mol. The van der Waals surface area contributed by atoms with Gasteiger partial charge in [-0.15, -0.1) is 0 Å². The van der Waals surface area contributed by atoms with Gasteiger partial charge in [0.15, 0.2) is 0 Å². The van der Waals surface area contributed by atoms with E-state index in [1.807, 2.05) is 31.7 Å². The molecule has 1 amide bonds. The fraction of sp³-hybridized carbons (Fsp3) is 0.562. The van der Waals surface area contributed by atoms with Crippen LogP contribution in [0.15, 0.2) is 18.3 Å². The molecule has 0 spiro atoms. The van der Waals surface area contributed by atoms with E-state index in [9.17, 15) is 4.79 Å². The van der Waals surface area contributed by atoms with Crippen LogP contribution < -0.4 is 4.90 Å². The van der Waals surface area contributed by atoms with E-state index in [2.05, 4.69) is 16.0 Å². The van der Waals surface area contributed by atoms with E-state index >= 15 is 0 Å². The Morgan fingerprint density at radius 1 is 1.36 bits per heavy atom. The number of carbonyl (C=O) groups excluding carboxylic acids is 1. The SMILES string of the molecule is CC(C)(C)OC(=O)N1C[C@@H]2C[C@H]1CN2c1ccc(C#N)cn1. The van der Waals surface area contributed by atoms with Crippen molar-refractivity contribution in [2.75, 3.05) is 18.0 Å². The zero-order valence-electron chi connectivity index (χ0n) is 13.1. The Balaban J connectivity index is 1.66. The van der Waals surface area contributed by atoms with Crippen LogP contribution in [0.2, 0.25) is 0 Å². The van der Waals surface area contributed by atoms with E-state index in [-0.39, 0.29) is 18.2 Å². The van der Waals surface area contributed by atoms with Crippen molar-refractivity contribution in [3.05, 3.63) is 23.9 Å². The highest BCUT2D eigenvalue weighted by atomic mass is 16.6. The summed E-state index contributed by atoms with van der Waals surface area (Å²) in [6, 6.07) is 6.18. The van der Waals surface area contributed by atoms with Gasteiger partial charge in [-0.2, -0.15) is 5.26 Å². The molecule has 0 radical (unpaired) electrons. The first-order valence-electron chi connectivity index (χ1n) is 7.50. The number of fused-ring (bicyclic) bond motifs is 2.